The maximum absolute atomic E-state index is 12.8. The normalized spacial score (nSPS) is 10.1. The number of primary amides is 1. The number of nitrogens with one attached hydrogen (secondary N) is 1. The monoisotopic (exact) mass is 316 g/mol. The average Bonchev–Trinajstić information content (AvgIpc) is 2.55. The van der Waals surface area contributed by atoms with Gasteiger partial charge >= 0.3 is 0 Å². The molecule has 2 aromatic carbocycles. The molecule has 0 aliphatic heterocycles. The molecule has 3 N–H and O–H groups in total. The molecule has 5 nitrogen and oxygen atoms in total. The fourth-order valence-corrected chi connectivity index (χ4v) is 2.00. The van der Waals surface area contributed by atoms with Gasteiger partial charge in [0, 0.05) is 6.54 Å². The zero-order chi connectivity index (χ0) is 16.7. The minimum absolute atomic E-state index is 0.292. The fourth-order valence-electron chi connectivity index (χ4n) is 2.00. The molecule has 0 aliphatic carbocycles. The smallest absolute Gasteiger partial charge is 0.255 e. The fraction of sp³-hybridized carbons (Fsp3) is 0.176. The highest BCUT2D eigenvalue weighted by atomic mass is 19.1. The van der Waals surface area contributed by atoms with Gasteiger partial charge in [-0.25, -0.2) is 4.39 Å². The van der Waals surface area contributed by atoms with E-state index in [2.05, 4.69) is 5.32 Å². The molecule has 0 spiro atoms. The van der Waals surface area contributed by atoms with E-state index in [1.165, 1.54) is 12.1 Å². The van der Waals surface area contributed by atoms with Gasteiger partial charge in [-0.15, -0.1) is 0 Å². The number of halogens is 1. The van der Waals surface area contributed by atoms with Crippen molar-refractivity contribution >= 4 is 11.8 Å². The lowest BCUT2D eigenvalue weighted by atomic mass is 10.1. The number of benzene rings is 2. The second kappa shape index (κ2) is 7.93. The highest BCUT2D eigenvalue weighted by Gasteiger charge is 2.12. The van der Waals surface area contributed by atoms with E-state index in [4.69, 9.17) is 10.5 Å². The summed E-state index contributed by atoms with van der Waals surface area (Å²) < 4.78 is 18.0. The molecule has 0 fully saturated rings. The zero-order valence-electron chi connectivity index (χ0n) is 12.4. The van der Waals surface area contributed by atoms with Crippen LogP contribution in [-0.4, -0.2) is 25.0 Å². The average molecular weight is 316 g/mol. The minimum Gasteiger partial charge on any atom is -0.483 e. The van der Waals surface area contributed by atoms with Gasteiger partial charge in [-0.2, -0.15) is 0 Å². The molecule has 2 amide bonds. The molecular formula is C17H17FN2O3. The molecule has 6 heteroatoms. The van der Waals surface area contributed by atoms with Gasteiger partial charge in [0.2, 0.25) is 0 Å². The van der Waals surface area contributed by atoms with Gasteiger partial charge in [0.05, 0.1) is 5.56 Å². The molecule has 0 aromatic heterocycles. The van der Waals surface area contributed by atoms with Gasteiger partial charge in [0.15, 0.2) is 6.61 Å². The van der Waals surface area contributed by atoms with E-state index in [-0.39, 0.29) is 18.3 Å². The van der Waals surface area contributed by atoms with Crippen LogP contribution in [0.5, 0.6) is 5.75 Å². The van der Waals surface area contributed by atoms with Crippen LogP contribution in [0.4, 0.5) is 4.39 Å². The molecule has 0 unspecified atom stereocenters. The Kier molecular flexibility index (Phi) is 5.68. The van der Waals surface area contributed by atoms with Gasteiger partial charge in [-0.1, -0.05) is 24.3 Å². The van der Waals surface area contributed by atoms with Gasteiger partial charge < -0.3 is 15.8 Å². The Morgan fingerprint density at radius 1 is 1.09 bits per heavy atom. The minimum atomic E-state index is -0.614. The van der Waals surface area contributed by atoms with E-state index in [9.17, 15) is 14.0 Å². The van der Waals surface area contributed by atoms with E-state index in [1.807, 2.05) is 0 Å². The van der Waals surface area contributed by atoms with Crippen molar-refractivity contribution in [3.63, 3.8) is 0 Å². The number of nitrogens with two attached hydrogens (primary N) is 1. The highest BCUT2D eigenvalue weighted by Crippen LogP contribution is 2.17. The van der Waals surface area contributed by atoms with Gasteiger partial charge in [0.1, 0.15) is 11.6 Å². The van der Waals surface area contributed by atoms with Crippen molar-refractivity contribution in [1.29, 1.82) is 0 Å². The summed E-state index contributed by atoms with van der Waals surface area (Å²) in [6.07, 6.45) is 0.580. The summed E-state index contributed by atoms with van der Waals surface area (Å²) in [5, 5.41) is 2.76. The molecule has 0 heterocycles. The van der Waals surface area contributed by atoms with Crippen LogP contribution in [0.3, 0.4) is 0 Å². The summed E-state index contributed by atoms with van der Waals surface area (Å²) >= 11 is 0. The molecular weight excluding hydrogens is 299 g/mol. The third kappa shape index (κ3) is 5.10. The van der Waals surface area contributed by atoms with Gasteiger partial charge in [-0.3, -0.25) is 9.59 Å². The molecule has 0 saturated carbocycles. The van der Waals surface area contributed by atoms with Gasteiger partial charge in [-0.05, 0) is 36.2 Å². The Hall–Kier alpha value is -2.89. The van der Waals surface area contributed by atoms with Gasteiger partial charge in [0.25, 0.3) is 11.8 Å². The Morgan fingerprint density at radius 2 is 1.78 bits per heavy atom. The van der Waals surface area contributed by atoms with Crippen molar-refractivity contribution < 1.29 is 18.7 Å². The number of hydrogen-bond acceptors (Lipinski definition) is 3. The molecule has 23 heavy (non-hydrogen) atoms. The van der Waals surface area contributed by atoms with Crippen LogP contribution in [0.1, 0.15) is 15.9 Å². The van der Waals surface area contributed by atoms with E-state index in [1.54, 1.807) is 36.4 Å². The lowest BCUT2D eigenvalue weighted by Crippen LogP contribution is -2.27. The summed E-state index contributed by atoms with van der Waals surface area (Å²) in [7, 11) is 0. The SMILES string of the molecule is NC(=O)COc1ccccc1C(=O)NCCc1ccc(F)cc1. The number of ether oxygens (including phenoxy) is 1. The van der Waals surface area contributed by atoms with Crippen molar-refractivity contribution in [2.45, 2.75) is 6.42 Å². The summed E-state index contributed by atoms with van der Waals surface area (Å²) in [5.41, 5.74) is 6.28. The van der Waals surface area contributed by atoms with Crippen LogP contribution < -0.4 is 15.8 Å². The van der Waals surface area contributed by atoms with Crippen molar-refractivity contribution in [2.24, 2.45) is 5.73 Å². The third-order valence-corrected chi connectivity index (χ3v) is 3.11. The molecule has 0 saturated heterocycles. The van der Waals surface area contributed by atoms with Crippen LogP contribution in [0.2, 0.25) is 0 Å². The first kappa shape index (κ1) is 16.5. The predicted molar refractivity (Wildman–Crippen MR) is 83.6 cm³/mol. The standard InChI is InChI=1S/C17H17FN2O3/c18-13-7-5-12(6-8-13)9-10-20-17(22)14-3-1-2-4-15(14)23-11-16(19)21/h1-8H,9-11H2,(H2,19,21)(H,20,22). The number of rotatable bonds is 7. The number of para-hydroxylation sites is 1. The lowest BCUT2D eigenvalue weighted by Gasteiger charge is -2.10. The van der Waals surface area contributed by atoms with Crippen LogP contribution >= 0.6 is 0 Å². The number of amides is 2. The van der Waals surface area contributed by atoms with Crippen molar-refractivity contribution in [3.8, 4) is 5.75 Å². The zero-order valence-corrected chi connectivity index (χ0v) is 12.4. The predicted octanol–water partition coefficient (Wildman–Crippen LogP) is 1.66. The van der Waals surface area contributed by atoms with E-state index >= 15 is 0 Å². The maximum atomic E-state index is 12.8. The van der Waals surface area contributed by atoms with Crippen molar-refractivity contribution in [2.75, 3.05) is 13.2 Å². The Labute approximate surface area is 133 Å². The second-order valence-corrected chi connectivity index (χ2v) is 4.88. The number of carbonyl (C=O) groups is 2. The molecule has 0 bridgehead atoms. The van der Waals surface area contributed by atoms with Crippen LogP contribution in [-0.2, 0) is 11.2 Å². The van der Waals surface area contributed by atoms with Crippen LogP contribution in [0.25, 0.3) is 0 Å². The topological polar surface area (TPSA) is 81.4 Å². The first-order valence-electron chi connectivity index (χ1n) is 7.09. The summed E-state index contributed by atoms with van der Waals surface area (Å²) in [4.78, 5) is 23.0. The van der Waals surface area contributed by atoms with Crippen LogP contribution in [0, 0.1) is 5.82 Å². The Balaban J connectivity index is 1.92. The lowest BCUT2D eigenvalue weighted by molar-refractivity contribution is -0.119. The molecule has 0 radical (unpaired) electrons. The largest absolute Gasteiger partial charge is 0.483 e. The number of hydrogen-bond donors (Lipinski definition) is 2. The van der Waals surface area contributed by atoms with Crippen molar-refractivity contribution in [1.82, 2.24) is 5.32 Å². The second-order valence-electron chi connectivity index (χ2n) is 4.88. The quantitative estimate of drug-likeness (QED) is 0.815. The number of carbonyl (C=O) groups excluding carboxylic acids is 2. The molecule has 0 atom stereocenters. The highest BCUT2D eigenvalue weighted by molar-refractivity contribution is 5.97. The first-order valence-corrected chi connectivity index (χ1v) is 7.09. The van der Waals surface area contributed by atoms with Crippen LogP contribution in [0.15, 0.2) is 48.5 Å². The first-order chi connectivity index (χ1) is 11.1. The summed E-state index contributed by atoms with van der Waals surface area (Å²) in [6.45, 7) is 0.106. The van der Waals surface area contributed by atoms with E-state index in [0.717, 1.165) is 5.56 Å². The Bertz CT molecular complexity index is 686. The molecule has 0 aliphatic rings. The molecule has 120 valence electrons. The molecule has 2 rings (SSSR count). The maximum Gasteiger partial charge on any atom is 0.255 e. The third-order valence-electron chi connectivity index (χ3n) is 3.11. The van der Waals surface area contributed by atoms with E-state index in [0.29, 0.717) is 24.3 Å². The summed E-state index contributed by atoms with van der Waals surface area (Å²) in [5.74, 6) is -0.924. The Morgan fingerprint density at radius 3 is 2.48 bits per heavy atom. The summed E-state index contributed by atoms with van der Waals surface area (Å²) in [6, 6.07) is 12.7. The van der Waals surface area contributed by atoms with E-state index < -0.39 is 5.91 Å². The molecule has 2 aromatic rings. The van der Waals surface area contributed by atoms with Crippen molar-refractivity contribution in [3.05, 3.63) is 65.5 Å².